The van der Waals surface area contributed by atoms with Gasteiger partial charge >= 0.3 is 0 Å². The van der Waals surface area contributed by atoms with E-state index in [0.717, 1.165) is 0 Å². The number of ketones is 1. The average molecular weight is 462 g/mol. The summed E-state index contributed by atoms with van der Waals surface area (Å²) < 4.78 is 6.70. The Morgan fingerprint density at radius 2 is 1.88 bits per heavy atom. The lowest BCUT2D eigenvalue weighted by atomic mass is 10.0. The Kier molecular flexibility index (Phi) is 6.24. The number of halogens is 1. The molecular weight excluding hydrogens is 442 g/mol. The molecule has 0 fully saturated rings. The van der Waals surface area contributed by atoms with E-state index in [4.69, 9.17) is 16.3 Å². The van der Waals surface area contributed by atoms with Crippen molar-refractivity contribution in [2.24, 2.45) is 0 Å². The van der Waals surface area contributed by atoms with Gasteiger partial charge in [-0.3, -0.25) is 14.4 Å². The number of carbonyl (C=O) groups excluding carboxylic acids is 2. The fraction of sp³-hybridized carbons (Fsp3) is 0.120. The van der Waals surface area contributed by atoms with Crippen LogP contribution < -0.4 is 15.5 Å². The number of amides is 1. The lowest BCUT2D eigenvalue weighted by Gasteiger charge is -2.13. The summed E-state index contributed by atoms with van der Waals surface area (Å²) >= 11 is 5.99. The number of carbonyl (C=O) groups is 2. The van der Waals surface area contributed by atoms with Crippen LogP contribution in [0.5, 0.6) is 5.75 Å². The van der Waals surface area contributed by atoms with Gasteiger partial charge in [0.15, 0.2) is 5.78 Å². The number of methoxy groups -OCH3 is 1. The monoisotopic (exact) mass is 461 g/mol. The topological polar surface area (TPSA) is 90.3 Å². The second-order valence-corrected chi connectivity index (χ2v) is 7.88. The standard InChI is InChI=1S/C25H20ClN3O4/c1-15-9-10-20-24(32)21(23(31)16-5-3-8-19(11-16)33-2)13-29(25(20)27-15)14-22(30)28-18-7-4-6-17(26)12-18/h3-13H,14H2,1-2H3,(H,28,30). The summed E-state index contributed by atoms with van der Waals surface area (Å²) in [6.45, 7) is 1.63. The van der Waals surface area contributed by atoms with Gasteiger partial charge in [-0.2, -0.15) is 0 Å². The van der Waals surface area contributed by atoms with Crippen LogP contribution in [0.4, 0.5) is 5.69 Å². The minimum Gasteiger partial charge on any atom is -0.497 e. The number of rotatable bonds is 6. The zero-order valence-electron chi connectivity index (χ0n) is 18.0. The van der Waals surface area contributed by atoms with Crippen LogP contribution in [0.2, 0.25) is 5.02 Å². The molecule has 1 N–H and O–H groups in total. The minimum absolute atomic E-state index is 0.0584. The van der Waals surface area contributed by atoms with Gasteiger partial charge in [0, 0.05) is 28.2 Å². The first-order valence-corrected chi connectivity index (χ1v) is 10.5. The quantitative estimate of drug-likeness (QED) is 0.434. The third kappa shape index (κ3) is 4.78. The number of benzene rings is 2. The number of hydrogen-bond acceptors (Lipinski definition) is 5. The van der Waals surface area contributed by atoms with Gasteiger partial charge in [0.2, 0.25) is 11.3 Å². The normalized spacial score (nSPS) is 10.8. The molecule has 2 aromatic carbocycles. The second-order valence-electron chi connectivity index (χ2n) is 7.44. The van der Waals surface area contributed by atoms with Crippen molar-refractivity contribution in [2.75, 3.05) is 12.4 Å². The molecule has 0 radical (unpaired) electrons. The van der Waals surface area contributed by atoms with Crippen molar-refractivity contribution >= 4 is 40.0 Å². The van der Waals surface area contributed by atoms with Crippen LogP contribution in [-0.2, 0) is 11.3 Å². The molecule has 0 saturated heterocycles. The van der Waals surface area contributed by atoms with Crippen LogP contribution in [-0.4, -0.2) is 28.4 Å². The molecule has 33 heavy (non-hydrogen) atoms. The predicted molar refractivity (Wildman–Crippen MR) is 127 cm³/mol. The molecule has 4 aromatic rings. The van der Waals surface area contributed by atoms with Crippen molar-refractivity contribution in [3.05, 3.63) is 98.9 Å². The van der Waals surface area contributed by atoms with E-state index in [9.17, 15) is 14.4 Å². The summed E-state index contributed by atoms with van der Waals surface area (Å²) in [6.07, 6.45) is 1.39. The molecular formula is C25H20ClN3O4. The maximum Gasteiger partial charge on any atom is 0.244 e. The first kappa shape index (κ1) is 22.2. The summed E-state index contributed by atoms with van der Waals surface area (Å²) in [4.78, 5) is 43.6. The highest BCUT2D eigenvalue weighted by Gasteiger charge is 2.19. The van der Waals surface area contributed by atoms with Crippen molar-refractivity contribution in [1.29, 1.82) is 0 Å². The Morgan fingerprint density at radius 1 is 1.09 bits per heavy atom. The predicted octanol–water partition coefficient (Wildman–Crippen LogP) is 4.24. The lowest BCUT2D eigenvalue weighted by molar-refractivity contribution is -0.116. The molecule has 1 amide bonds. The number of fused-ring (bicyclic) bond motifs is 1. The number of nitrogens with one attached hydrogen (secondary N) is 1. The number of aromatic nitrogens is 2. The third-order valence-electron chi connectivity index (χ3n) is 5.06. The van der Waals surface area contributed by atoms with E-state index in [1.54, 1.807) is 67.6 Å². The Balaban J connectivity index is 1.77. The summed E-state index contributed by atoms with van der Waals surface area (Å²) in [7, 11) is 1.50. The highest BCUT2D eigenvalue weighted by Crippen LogP contribution is 2.18. The SMILES string of the molecule is COc1cccc(C(=O)c2cn(CC(=O)Nc3cccc(Cl)c3)c3nc(C)ccc3c2=O)c1. The van der Waals surface area contributed by atoms with Gasteiger partial charge in [0.1, 0.15) is 17.9 Å². The van der Waals surface area contributed by atoms with Gasteiger partial charge in [-0.05, 0) is 49.4 Å². The van der Waals surface area contributed by atoms with Crippen LogP contribution in [0.1, 0.15) is 21.6 Å². The van der Waals surface area contributed by atoms with E-state index in [1.807, 2.05) is 0 Å². The van der Waals surface area contributed by atoms with E-state index in [2.05, 4.69) is 10.3 Å². The Hall–Kier alpha value is -3.97. The first-order chi connectivity index (χ1) is 15.9. The molecule has 8 heteroatoms. The number of pyridine rings is 2. The molecule has 4 rings (SSSR count). The van der Waals surface area contributed by atoms with Crippen molar-refractivity contribution < 1.29 is 14.3 Å². The molecule has 166 valence electrons. The molecule has 0 aliphatic carbocycles. The van der Waals surface area contributed by atoms with E-state index in [0.29, 0.717) is 33.4 Å². The van der Waals surface area contributed by atoms with Gasteiger partial charge in [0.05, 0.1) is 18.1 Å². The number of nitrogens with zero attached hydrogens (tertiary/aromatic N) is 2. The fourth-order valence-corrected chi connectivity index (χ4v) is 3.67. The van der Waals surface area contributed by atoms with Gasteiger partial charge in [-0.15, -0.1) is 0 Å². The molecule has 0 aliphatic heterocycles. The number of hydrogen-bond donors (Lipinski definition) is 1. The molecule has 0 saturated carbocycles. The molecule has 7 nitrogen and oxygen atoms in total. The number of anilines is 1. The molecule has 2 aromatic heterocycles. The Labute approximate surface area is 194 Å². The molecule has 0 unspecified atom stereocenters. The van der Waals surface area contributed by atoms with Crippen LogP contribution in [0.25, 0.3) is 11.0 Å². The van der Waals surface area contributed by atoms with Gasteiger partial charge in [-0.1, -0.05) is 29.8 Å². The summed E-state index contributed by atoms with van der Waals surface area (Å²) in [6, 6.07) is 16.6. The van der Waals surface area contributed by atoms with Crippen molar-refractivity contribution in [3.8, 4) is 5.75 Å². The zero-order valence-corrected chi connectivity index (χ0v) is 18.7. The van der Waals surface area contributed by atoms with Crippen LogP contribution in [0, 0.1) is 6.92 Å². The summed E-state index contributed by atoms with van der Waals surface area (Å²) in [5, 5.41) is 3.51. The van der Waals surface area contributed by atoms with E-state index < -0.39 is 11.2 Å². The second kappa shape index (κ2) is 9.26. The molecule has 0 aliphatic rings. The molecule has 2 heterocycles. The van der Waals surface area contributed by atoms with E-state index in [-0.39, 0.29) is 23.4 Å². The molecule has 0 spiro atoms. The van der Waals surface area contributed by atoms with Crippen LogP contribution in [0.15, 0.2) is 71.7 Å². The lowest BCUT2D eigenvalue weighted by Crippen LogP contribution is -2.25. The van der Waals surface area contributed by atoms with Gasteiger partial charge in [0.25, 0.3) is 0 Å². The van der Waals surface area contributed by atoms with Crippen molar-refractivity contribution in [3.63, 3.8) is 0 Å². The van der Waals surface area contributed by atoms with Crippen molar-refractivity contribution in [2.45, 2.75) is 13.5 Å². The van der Waals surface area contributed by atoms with E-state index in [1.165, 1.54) is 17.9 Å². The zero-order chi connectivity index (χ0) is 23.5. The Bertz CT molecular complexity index is 1450. The minimum atomic E-state index is -0.467. The summed E-state index contributed by atoms with van der Waals surface area (Å²) in [5.74, 6) is -0.323. The van der Waals surface area contributed by atoms with Gasteiger partial charge in [-0.25, -0.2) is 4.98 Å². The smallest absolute Gasteiger partial charge is 0.244 e. The maximum absolute atomic E-state index is 13.2. The Morgan fingerprint density at radius 3 is 2.64 bits per heavy atom. The third-order valence-corrected chi connectivity index (χ3v) is 5.29. The molecule has 0 atom stereocenters. The highest BCUT2D eigenvalue weighted by molar-refractivity contribution is 6.30. The van der Waals surface area contributed by atoms with Crippen LogP contribution in [0.3, 0.4) is 0 Å². The van der Waals surface area contributed by atoms with Gasteiger partial charge < -0.3 is 14.6 Å². The molecule has 0 bridgehead atoms. The maximum atomic E-state index is 13.2. The summed E-state index contributed by atoms with van der Waals surface area (Å²) in [5.41, 5.74) is 1.34. The van der Waals surface area contributed by atoms with Crippen LogP contribution >= 0.6 is 11.6 Å². The van der Waals surface area contributed by atoms with Crippen molar-refractivity contribution in [1.82, 2.24) is 9.55 Å². The fourth-order valence-electron chi connectivity index (χ4n) is 3.48. The first-order valence-electron chi connectivity index (χ1n) is 10.1. The van der Waals surface area contributed by atoms with E-state index >= 15 is 0 Å². The number of ether oxygens (including phenoxy) is 1. The number of aryl methyl sites for hydroxylation is 1. The highest BCUT2D eigenvalue weighted by atomic mass is 35.5. The average Bonchev–Trinajstić information content (AvgIpc) is 2.80. The largest absolute Gasteiger partial charge is 0.497 e.